The fourth-order valence-electron chi connectivity index (χ4n) is 6.79. The van der Waals surface area contributed by atoms with Crippen LogP contribution in [0.4, 0.5) is 10.6 Å². The van der Waals surface area contributed by atoms with Gasteiger partial charge in [-0.05, 0) is 72.0 Å². The molecule has 40 heavy (non-hydrogen) atoms. The lowest BCUT2D eigenvalue weighted by Crippen LogP contribution is -2.57. The maximum absolute atomic E-state index is 13.1. The number of hydrogen-bond acceptors (Lipinski definition) is 8. The zero-order valence-electron chi connectivity index (χ0n) is 24.5. The molecule has 3 saturated heterocycles. The van der Waals surface area contributed by atoms with Crippen LogP contribution in [0.15, 0.2) is 30.3 Å². The Hall–Kier alpha value is -2.91. The molecular formula is C31H44N6O3. The first-order chi connectivity index (χ1) is 19.2. The van der Waals surface area contributed by atoms with Gasteiger partial charge in [0.25, 0.3) is 0 Å². The third kappa shape index (κ3) is 5.91. The van der Waals surface area contributed by atoms with Gasteiger partial charge >= 0.3 is 12.1 Å². The smallest absolute Gasteiger partial charge is 0.410 e. The number of benzene rings is 1. The SMILES string of the molecule is CN1CCC[C@H]1COc1nc2c(c(N3C[C@H]4CC[C@@H](C3)N4C(=O)OC(C)(C)C)n1)CCN(Cc1ccccc1)C2. The minimum Gasteiger partial charge on any atom is -0.462 e. The third-order valence-corrected chi connectivity index (χ3v) is 8.81. The van der Waals surface area contributed by atoms with Crippen molar-refractivity contribution in [3.05, 3.63) is 47.2 Å². The maximum Gasteiger partial charge on any atom is 0.410 e. The van der Waals surface area contributed by atoms with Crippen molar-refractivity contribution < 1.29 is 14.3 Å². The number of rotatable bonds is 6. The average molecular weight is 549 g/mol. The third-order valence-electron chi connectivity index (χ3n) is 8.81. The summed E-state index contributed by atoms with van der Waals surface area (Å²) in [4.78, 5) is 32.3. The number of fused-ring (bicyclic) bond motifs is 3. The molecule has 0 unspecified atom stereocenters. The van der Waals surface area contributed by atoms with Crippen molar-refractivity contribution in [1.29, 1.82) is 0 Å². The fraction of sp³-hybridized carbons (Fsp3) is 0.645. The molecule has 0 aliphatic carbocycles. The van der Waals surface area contributed by atoms with Crippen LogP contribution in [0.1, 0.15) is 63.3 Å². The predicted octanol–water partition coefficient (Wildman–Crippen LogP) is 4.10. The molecule has 0 radical (unpaired) electrons. The Kier molecular flexibility index (Phi) is 7.61. The number of amides is 1. The number of anilines is 1. The van der Waals surface area contributed by atoms with E-state index in [1.807, 2.05) is 25.7 Å². The molecule has 216 valence electrons. The number of ether oxygens (including phenoxy) is 2. The standard InChI is InChI=1S/C31H44N6O3/c1-31(2,3)40-30(38)37-23-12-13-24(37)19-36(18-23)28-26-14-16-35(17-22-9-6-5-7-10-22)20-27(26)32-29(33-28)39-21-25-11-8-15-34(25)4/h5-7,9-10,23-25H,8,11-21H2,1-4H3/t23-,24+,25-/m0/s1. The molecule has 5 heterocycles. The lowest BCUT2D eigenvalue weighted by molar-refractivity contribution is 0.0122. The van der Waals surface area contributed by atoms with Crippen molar-refractivity contribution in [3.63, 3.8) is 0 Å². The minimum atomic E-state index is -0.495. The molecule has 4 aliphatic heterocycles. The van der Waals surface area contributed by atoms with E-state index in [9.17, 15) is 4.79 Å². The van der Waals surface area contributed by atoms with E-state index in [1.165, 1.54) is 17.5 Å². The molecule has 2 bridgehead atoms. The zero-order chi connectivity index (χ0) is 27.9. The van der Waals surface area contributed by atoms with Crippen molar-refractivity contribution in [1.82, 2.24) is 24.7 Å². The number of carbonyl (C=O) groups excluding carboxylic acids is 1. The predicted molar refractivity (Wildman–Crippen MR) is 155 cm³/mol. The second-order valence-electron chi connectivity index (χ2n) is 13.0. The summed E-state index contributed by atoms with van der Waals surface area (Å²) in [6.45, 7) is 11.7. The Bertz CT molecular complexity index is 1190. The Morgan fingerprint density at radius 2 is 1.77 bits per heavy atom. The molecule has 3 atom stereocenters. The van der Waals surface area contributed by atoms with Gasteiger partial charge in [-0.2, -0.15) is 9.97 Å². The van der Waals surface area contributed by atoms with Crippen molar-refractivity contribution in [3.8, 4) is 6.01 Å². The first kappa shape index (κ1) is 27.3. The van der Waals surface area contributed by atoms with Crippen molar-refractivity contribution in [2.45, 2.75) is 89.7 Å². The van der Waals surface area contributed by atoms with Crippen LogP contribution in [0.3, 0.4) is 0 Å². The van der Waals surface area contributed by atoms with Crippen LogP contribution in [0, 0.1) is 0 Å². The van der Waals surface area contributed by atoms with Crippen LogP contribution >= 0.6 is 0 Å². The van der Waals surface area contributed by atoms with Gasteiger partial charge in [0.05, 0.1) is 17.8 Å². The average Bonchev–Trinajstić information content (AvgIpc) is 3.45. The van der Waals surface area contributed by atoms with E-state index in [0.717, 1.165) is 76.5 Å². The van der Waals surface area contributed by atoms with E-state index in [4.69, 9.17) is 19.4 Å². The highest BCUT2D eigenvalue weighted by Gasteiger charge is 2.45. The van der Waals surface area contributed by atoms with Gasteiger partial charge in [0.1, 0.15) is 18.0 Å². The van der Waals surface area contributed by atoms with Gasteiger partial charge in [-0.1, -0.05) is 30.3 Å². The highest BCUT2D eigenvalue weighted by molar-refractivity contribution is 5.70. The Labute approximate surface area is 238 Å². The van der Waals surface area contributed by atoms with Crippen molar-refractivity contribution in [2.24, 2.45) is 0 Å². The van der Waals surface area contributed by atoms with E-state index in [1.54, 1.807) is 0 Å². The molecular weight excluding hydrogens is 504 g/mol. The van der Waals surface area contributed by atoms with Crippen LogP contribution < -0.4 is 9.64 Å². The van der Waals surface area contributed by atoms with Gasteiger partial charge in [-0.25, -0.2) is 4.79 Å². The van der Waals surface area contributed by atoms with Crippen LogP contribution in [-0.4, -0.2) is 94.3 Å². The highest BCUT2D eigenvalue weighted by Crippen LogP contribution is 2.37. The summed E-state index contributed by atoms with van der Waals surface area (Å²) in [6.07, 6.45) is 5.07. The number of likely N-dealkylation sites (N-methyl/N-ethyl adjacent to an activating group) is 1. The summed E-state index contributed by atoms with van der Waals surface area (Å²) in [6, 6.07) is 11.8. The summed E-state index contributed by atoms with van der Waals surface area (Å²) in [5.41, 5.74) is 3.13. The molecule has 6 rings (SSSR count). The molecule has 1 aromatic heterocycles. The number of aromatic nitrogens is 2. The number of piperazine rings is 1. The topological polar surface area (TPSA) is 74.3 Å². The van der Waals surface area contributed by atoms with Gasteiger partial charge < -0.3 is 19.3 Å². The second kappa shape index (κ2) is 11.2. The fourth-order valence-corrected chi connectivity index (χ4v) is 6.79. The van der Waals surface area contributed by atoms with Gasteiger partial charge in [0, 0.05) is 44.3 Å². The molecule has 1 aromatic carbocycles. The van der Waals surface area contributed by atoms with E-state index < -0.39 is 5.60 Å². The lowest BCUT2D eigenvalue weighted by atomic mass is 10.0. The monoisotopic (exact) mass is 548 g/mol. The number of hydrogen-bond donors (Lipinski definition) is 0. The summed E-state index contributed by atoms with van der Waals surface area (Å²) >= 11 is 0. The molecule has 0 saturated carbocycles. The molecule has 2 aromatic rings. The van der Waals surface area contributed by atoms with Crippen LogP contribution in [0.25, 0.3) is 0 Å². The van der Waals surface area contributed by atoms with Crippen LogP contribution in [0.5, 0.6) is 6.01 Å². The van der Waals surface area contributed by atoms with Gasteiger partial charge in [-0.3, -0.25) is 9.80 Å². The molecule has 9 nitrogen and oxygen atoms in total. The lowest BCUT2D eigenvalue weighted by Gasteiger charge is -2.42. The molecule has 1 amide bonds. The normalized spacial score (nSPS) is 25.2. The van der Waals surface area contributed by atoms with E-state index in [-0.39, 0.29) is 18.2 Å². The summed E-state index contributed by atoms with van der Waals surface area (Å²) in [5.74, 6) is 1.000. The molecule has 3 fully saturated rings. The van der Waals surface area contributed by atoms with E-state index >= 15 is 0 Å². The van der Waals surface area contributed by atoms with Crippen molar-refractivity contribution in [2.75, 3.05) is 44.7 Å². The second-order valence-corrected chi connectivity index (χ2v) is 13.0. The summed E-state index contributed by atoms with van der Waals surface area (Å²) in [7, 11) is 2.17. The molecule has 4 aliphatic rings. The van der Waals surface area contributed by atoms with Crippen molar-refractivity contribution >= 4 is 11.9 Å². The Morgan fingerprint density at radius 3 is 2.45 bits per heavy atom. The summed E-state index contributed by atoms with van der Waals surface area (Å²) < 4.78 is 12.1. The number of likely N-dealkylation sites (tertiary alicyclic amines) is 1. The van der Waals surface area contributed by atoms with Gasteiger partial charge in [-0.15, -0.1) is 0 Å². The maximum atomic E-state index is 13.1. The minimum absolute atomic E-state index is 0.133. The van der Waals surface area contributed by atoms with E-state index in [2.05, 4.69) is 52.1 Å². The quantitative estimate of drug-likeness (QED) is 0.535. The van der Waals surface area contributed by atoms with Crippen LogP contribution in [-0.2, 0) is 24.2 Å². The Morgan fingerprint density at radius 1 is 1.02 bits per heavy atom. The number of nitrogens with zero attached hydrogens (tertiary/aromatic N) is 6. The first-order valence-corrected chi connectivity index (χ1v) is 15.0. The van der Waals surface area contributed by atoms with Gasteiger partial charge in [0.15, 0.2) is 0 Å². The Balaban J connectivity index is 1.24. The zero-order valence-corrected chi connectivity index (χ0v) is 24.5. The molecule has 0 spiro atoms. The van der Waals surface area contributed by atoms with Crippen LogP contribution in [0.2, 0.25) is 0 Å². The highest BCUT2D eigenvalue weighted by atomic mass is 16.6. The number of carbonyl (C=O) groups is 1. The first-order valence-electron chi connectivity index (χ1n) is 15.0. The molecule has 0 N–H and O–H groups in total. The van der Waals surface area contributed by atoms with E-state index in [0.29, 0.717) is 18.7 Å². The largest absolute Gasteiger partial charge is 0.462 e. The van der Waals surface area contributed by atoms with Gasteiger partial charge in [0.2, 0.25) is 0 Å². The molecule has 9 heteroatoms. The summed E-state index contributed by atoms with van der Waals surface area (Å²) in [5, 5.41) is 0.